The van der Waals surface area contributed by atoms with E-state index in [1.54, 1.807) is 0 Å². The van der Waals surface area contributed by atoms with Crippen LogP contribution in [0.3, 0.4) is 0 Å². The van der Waals surface area contributed by atoms with Gasteiger partial charge < -0.3 is 18.6 Å². The maximum Gasteiger partial charge on any atom is 0.342 e. The summed E-state index contributed by atoms with van der Waals surface area (Å²) in [7, 11) is 0. The minimum absolute atomic E-state index is 0.0804. The van der Waals surface area contributed by atoms with Crippen LogP contribution in [0, 0.1) is 27.7 Å². The third-order valence-electron chi connectivity index (χ3n) is 15.9. The molecule has 2 aliphatic heterocycles. The van der Waals surface area contributed by atoms with Crippen LogP contribution in [0.25, 0.3) is 64.4 Å². The number of aryl methyl sites for hydroxylation is 4. The van der Waals surface area contributed by atoms with Crippen molar-refractivity contribution in [1.29, 1.82) is 0 Å². The lowest BCUT2D eigenvalue weighted by molar-refractivity contribution is 0.590. The van der Waals surface area contributed by atoms with Crippen LogP contribution in [-0.2, 0) is 16.2 Å². The fraction of sp³-hybridized carbons (Fsp3) is 0.242. The summed E-state index contributed by atoms with van der Waals surface area (Å²) in [4.78, 5) is 5.18. The number of benzene rings is 7. The Hall–Kier alpha value is -6.80. The topological polar surface area (TPSA) is 32.8 Å². The summed E-state index contributed by atoms with van der Waals surface area (Å²) in [5, 5.41) is 9.46. The highest BCUT2D eigenvalue weighted by Crippen LogP contribution is 2.53. The van der Waals surface area contributed by atoms with Gasteiger partial charge in [0.15, 0.2) is 0 Å². The molecular weight excluding hydrogens is 928 g/mol. The van der Waals surface area contributed by atoms with Gasteiger partial charge in [-0.1, -0.05) is 111 Å². The molecule has 0 spiro atoms. The lowest BCUT2D eigenvalue weighted by Gasteiger charge is -2.43. The molecule has 11 aromatic rings. The molecule has 6 heterocycles. The number of fused-ring (bicyclic) bond motifs is 10. The van der Waals surface area contributed by atoms with Gasteiger partial charge in [-0.3, -0.25) is 0 Å². The van der Waals surface area contributed by atoms with E-state index in [0.29, 0.717) is 0 Å². The Bertz CT molecular complexity index is 3820. The molecule has 73 heavy (non-hydrogen) atoms. The molecule has 0 atom stereocenters. The molecule has 7 heteroatoms. The van der Waals surface area contributed by atoms with Crippen LogP contribution in [0.4, 0.5) is 34.1 Å². The van der Waals surface area contributed by atoms with Gasteiger partial charge in [0.25, 0.3) is 0 Å². The number of hydrogen-bond acceptors (Lipinski definition) is 6. The van der Waals surface area contributed by atoms with E-state index < -0.39 is 0 Å². The fourth-order valence-electron chi connectivity index (χ4n) is 12.1. The van der Waals surface area contributed by atoms with Crippen molar-refractivity contribution in [2.75, 3.05) is 9.80 Å². The first-order chi connectivity index (χ1) is 34.7. The minimum atomic E-state index is -0.332. The second-order valence-electron chi connectivity index (χ2n) is 24.0. The molecule has 13 rings (SSSR count). The van der Waals surface area contributed by atoms with E-state index in [1.165, 1.54) is 98.2 Å². The van der Waals surface area contributed by atoms with Crippen LogP contribution in [0.5, 0.6) is 0 Å². The van der Waals surface area contributed by atoms with Crippen molar-refractivity contribution in [2.24, 2.45) is 0 Å². The predicted octanol–water partition coefficient (Wildman–Crippen LogP) is 18.2. The molecule has 0 radical (unpaired) electrons. The molecule has 0 amide bonds. The lowest BCUT2D eigenvalue weighted by Crippen LogP contribution is -2.60. The summed E-state index contributed by atoms with van der Waals surface area (Å²) in [6.07, 6.45) is 0. The first kappa shape index (κ1) is 46.0. The second-order valence-corrected chi connectivity index (χ2v) is 25.9. The Morgan fingerprint density at radius 1 is 0.411 bits per heavy atom. The molecule has 2 aliphatic rings. The highest BCUT2D eigenvalue weighted by molar-refractivity contribution is 7.18. The van der Waals surface area contributed by atoms with Gasteiger partial charge in [0.1, 0.15) is 22.5 Å². The zero-order valence-electron chi connectivity index (χ0n) is 44.3. The Labute approximate surface area is 438 Å². The highest BCUT2D eigenvalue weighted by Gasteiger charge is 2.51. The van der Waals surface area contributed by atoms with Gasteiger partial charge >= 0.3 is 6.71 Å². The van der Waals surface area contributed by atoms with Crippen molar-refractivity contribution in [2.45, 2.75) is 106 Å². The van der Waals surface area contributed by atoms with Gasteiger partial charge in [-0.25, -0.2) is 0 Å². The number of rotatable bonds is 4. The molecule has 0 N–H and O–H groups in total. The molecule has 0 saturated heterocycles. The summed E-state index contributed by atoms with van der Waals surface area (Å²) in [5.41, 5.74) is 24.9. The smallest absolute Gasteiger partial charge is 0.342 e. The molecular formula is C66H61BN2O2S2. The van der Waals surface area contributed by atoms with Crippen molar-refractivity contribution in [3.05, 3.63) is 171 Å². The van der Waals surface area contributed by atoms with E-state index in [1.807, 2.05) is 22.7 Å². The summed E-state index contributed by atoms with van der Waals surface area (Å²) in [6, 6.07) is 45.9. The van der Waals surface area contributed by atoms with Gasteiger partial charge in [-0.15, -0.1) is 22.7 Å². The summed E-state index contributed by atoms with van der Waals surface area (Å²) >= 11 is 3.63. The van der Waals surface area contributed by atoms with Gasteiger partial charge in [-0.2, -0.15) is 0 Å². The number of nitrogens with zero attached hydrogens (tertiary/aromatic N) is 2. The normalized spacial score (nSPS) is 13.7. The van der Waals surface area contributed by atoms with E-state index in [-0.39, 0.29) is 23.0 Å². The molecule has 0 fully saturated rings. The van der Waals surface area contributed by atoms with Crippen LogP contribution in [0.2, 0.25) is 0 Å². The first-order valence-electron chi connectivity index (χ1n) is 25.8. The van der Waals surface area contributed by atoms with Crippen LogP contribution in [-0.4, -0.2) is 6.71 Å². The number of thiophene rings is 2. The van der Waals surface area contributed by atoms with Crippen LogP contribution >= 0.6 is 22.7 Å². The van der Waals surface area contributed by atoms with Crippen LogP contribution in [0.15, 0.2) is 141 Å². The molecule has 4 nitrogen and oxygen atoms in total. The Balaban J connectivity index is 1.15. The number of anilines is 6. The minimum Gasteiger partial charge on any atom is -0.468 e. The van der Waals surface area contributed by atoms with Gasteiger partial charge in [-0.05, 0) is 183 Å². The molecule has 4 aromatic heterocycles. The third-order valence-corrected chi connectivity index (χ3v) is 17.8. The van der Waals surface area contributed by atoms with Crippen molar-refractivity contribution < 1.29 is 8.83 Å². The average molecular weight is 989 g/mol. The highest BCUT2D eigenvalue weighted by atomic mass is 32.1. The van der Waals surface area contributed by atoms with Crippen LogP contribution in [0.1, 0.15) is 101 Å². The van der Waals surface area contributed by atoms with E-state index in [4.69, 9.17) is 8.83 Å². The van der Waals surface area contributed by atoms with Gasteiger partial charge in [0.05, 0.1) is 22.7 Å². The molecule has 7 aromatic carbocycles. The monoisotopic (exact) mass is 988 g/mol. The van der Waals surface area contributed by atoms with Crippen molar-refractivity contribution in [3.63, 3.8) is 0 Å². The Morgan fingerprint density at radius 3 is 1.18 bits per heavy atom. The zero-order valence-corrected chi connectivity index (χ0v) is 45.9. The number of furan rings is 2. The average Bonchev–Trinajstić information content (AvgIpc) is 4.14. The summed E-state index contributed by atoms with van der Waals surface area (Å²) in [5.74, 6) is 0. The maximum absolute atomic E-state index is 7.46. The first-order valence-corrected chi connectivity index (χ1v) is 27.6. The van der Waals surface area contributed by atoms with Gasteiger partial charge in [0.2, 0.25) is 0 Å². The molecule has 0 aliphatic carbocycles. The second kappa shape index (κ2) is 15.9. The predicted molar refractivity (Wildman–Crippen MR) is 317 cm³/mol. The van der Waals surface area contributed by atoms with E-state index in [9.17, 15) is 0 Å². The fourth-order valence-corrected chi connectivity index (χ4v) is 14.1. The molecule has 0 bridgehead atoms. The molecule has 0 unspecified atom stereocenters. The van der Waals surface area contributed by atoms with Crippen LogP contribution < -0.4 is 26.6 Å². The van der Waals surface area contributed by atoms with Crippen molar-refractivity contribution >= 4 is 122 Å². The summed E-state index contributed by atoms with van der Waals surface area (Å²) in [6.45, 7) is 29.8. The quantitative estimate of drug-likeness (QED) is 0.165. The maximum atomic E-state index is 7.46. The standard InChI is InChI=1S/C66H61BN2O2S2/c1-36-26-40(49-34-72-55-20-16-14-18-45(49)55)27-37(2)58(36)68-51-32-44(66(11,12)13)33-52-57(51)67(62-60(68)47-30-42(64(5,6)7)22-24-53(47)70-62)63-61(48-31-43(65(8,9)10)23-25-54(48)71-63)69(52)59-38(3)28-41(29-39(59)4)50-35-73-56-21-17-15-19-46(50)56/h14-35H,1-13H3. The van der Waals surface area contributed by atoms with Gasteiger partial charge in [0, 0.05) is 53.4 Å². The molecule has 0 saturated carbocycles. The summed E-state index contributed by atoms with van der Waals surface area (Å²) < 4.78 is 17.5. The largest absolute Gasteiger partial charge is 0.468 e. The zero-order chi connectivity index (χ0) is 50.8. The Kier molecular flexibility index (Phi) is 10.00. The van der Waals surface area contributed by atoms with E-state index in [2.05, 4.69) is 232 Å². The SMILES string of the molecule is Cc1cc(-c2csc3ccccc23)cc(C)c1N1c2cc(C(C)(C)C)cc3c2B(c2oc4ccc(C(C)(C)C)cc4c21)c1oc2ccc(C(C)(C)C)cc2c1N3c1c(C)cc(-c2csc3ccccc23)cc1C. The third kappa shape index (κ3) is 6.98. The van der Waals surface area contributed by atoms with E-state index >= 15 is 0 Å². The molecule has 362 valence electrons. The number of hydrogen-bond donors (Lipinski definition) is 0. The van der Waals surface area contributed by atoms with E-state index in [0.717, 1.165) is 56.0 Å². The Morgan fingerprint density at radius 2 is 0.795 bits per heavy atom. The van der Waals surface area contributed by atoms with Crippen molar-refractivity contribution in [1.82, 2.24) is 0 Å². The lowest BCUT2D eigenvalue weighted by atomic mass is 9.37. The van der Waals surface area contributed by atoms with Crippen molar-refractivity contribution in [3.8, 4) is 22.3 Å².